The molecule has 0 N–H and O–H groups in total. The highest BCUT2D eigenvalue weighted by atomic mass is 35.5. The van der Waals surface area contributed by atoms with Crippen LogP contribution in [0.5, 0.6) is 0 Å². The average Bonchev–Trinajstić information content (AvgIpc) is 1.97. The van der Waals surface area contributed by atoms with Gasteiger partial charge in [0, 0.05) is 5.88 Å². The van der Waals surface area contributed by atoms with Gasteiger partial charge in [-0.2, -0.15) is 21.6 Å². The number of hydrogen-bond donors (Lipinski definition) is 0. The summed E-state index contributed by atoms with van der Waals surface area (Å²) in [6.45, 7) is -1.78. The van der Waals surface area contributed by atoms with Gasteiger partial charge in [0.1, 0.15) is 0 Å². The molecule has 0 saturated heterocycles. The zero-order valence-electron chi connectivity index (χ0n) is 6.47. The maximum Gasteiger partial charge on any atom is 0.413 e. The van der Waals surface area contributed by atoms with Gasteiger partial charge in [0.15, 0.2) is 6.61 Å². The van der Waals surface area contributed by atoms with Crippen LogP contribution in [-0.2, 0) is 14.3 Å². The zero-order valence-corrected chi connectivity index (χ0v) is 8.05. The Labute approximate surface area is 78.9 Å². The number of hydrogen-bond acceptors (Lipinski definition) is 3. The van der Waals surface area contributed by atoms with Crippen LogP contribution in [0.3, 0.4) is 0 Å². The lowest BCUT2D eigenvalue weighted by Crippen LogP contribution is -2.22. The molecule has 0 saturated carbocycles. The second-order valence-electron chi connectivity index (χ2n) is 2.18. The van der Waals surface area contributed by atoms with Crippen molar-refractivity contribution in [1.29, 1.82) is 0 Å². The van der Waals surface area contributed by atoms with Gasteiger partial charge in [0.2, 0.25) is 0 Å². The number of rotatable bonds is 5. The first-order valence-corrected chi connectivity index (χ1v) is 5.38. The van der Waals surface area contributed by atoms with Gasteiger partial charge in [-0.25, -0.2) is 0 Å². The molecule has 0 radical (unpaired) electrons. The van der Waals surface area contributed by atoms with Crippen LogP contribution in [0.2, 0.25) is 0 Å². The minimum Gasteiger partial charge on any atom is -0.261 e. The molecule has 0 aliphatic carbocycles. The fourth-order valence-corrected chi connectivity index (χ4v) is 1.67. The van der Waals surface area contributed by atoms with E-state index in [1.807, 2.05) is 0 Å². The molecule has 0 aromatic heterocycles. The van der Waals surface area contributed by atoms with Crippen LogP contribution < -0.4 is 0 Å². The molecule has 0 heterocycles. The SMILES string of the molecule is O=S(=O)(CCCCl)OCC(F)(F)F. The summed E-state index contributed by atoms with van der Waals surface area (Å²) < 4.78 is 59.5. The molecule has 0 atom stereocenters. The molecule has 0 aliphatic heterocycles. The van der Waals surface area contributed by atoms with Gasteiger partial charge in [-0.05, 0) is 6.42 Å². The highest BCUT2D eigenvalue weighted by molar-refractivity contribution is 7.86. The van der Waals surface area contributed by atoms with Crippen molar-refractivity contribution < 1.29 is 25.8 Å². The molecule has 0 rings (SSSR count). The smallest absolute Gasteiger partial charge is 0.261 e. The minimum absolute atomic E-state index is 0.0641. The average molecular weight is 241 g/mol. The van der Waals surface area contributed by atoms with Crippen LogP contribution in [0.4, 0.5) is 13.2 Å². The van der Waals surface area contributed by atoms with E-state index in [1.165, 1.54) is 0 Å². The summed E-state index contributed by atoms with van der Waals surface area (Å²) >= 11 is 5.16. The van der Waals surface area contributed by atoms with Gasteiger partial charge in [-0.1, -0.05) is 0 Å². The van der Waals surface area contributed by atoms with Crippen molar-refractivity contribution in [3.63, 3.8) is 0 Å². The Kier molecular flexibility index (Phi) is 5.01. The van der Waals surface area contributed by atoms with Crippen molar-refractivity contribution >= 4 is 21.7 Å². The predicted octanol–water partition coefficient (Wildman–Crippen LogP) is 1.52. The number of halogens is 4. The number of alkyl halides is 4. The summed E-state index contributed by atoms with van der Waals surface area (Å²) in [6.07, 6.45) is -4.56. The third-order valence-electron chi connectivity index (χ3n) is 0.930. The van der Waals surface area contributed by atoms with Gasteiger partial charge in [-0.15, -0.1) is 11.6 Å². The molecule has 80 valence electrons. The van der Waals surface area contributed by atoms with Crippen LogP contribution in [0.15, 0.2) is 0 Å². The maximum absolute atomic E-state index is 11.5. The Morgan fingerprint density at radius 3 is 2.23 bits per heavy atom. The van der Waals surface area contributed by atoms with E-state index in [2.05, 4.69) is 4.18 Å². The first kappa shape index (κ1) is 13.0. The monoisotopic (exact) mass is 240 g/mol. The normalized spacial score (nSPS) is 13.2. The summed E-state index contributed by atoms with van der Waals surface area (Å²) in [4.78, 5) is 0. The second-order valence-corrected chi connectivity index (χ2v) is 4.32. The summed E-state index contributed by atoms with van der Waals surface area (Å²) in [5, 5.41) is 0. The van der Waals surface area contributed by atoms with E-state index in [4.69, 9.17) is 11.6 Å². The van der Waals surface area contributed by atoms with Crippen LogP contribution in [0.1, 0.15) is 6.42 Å². The molecule has 0 aromatic rings. The van der Waals surface area contributed by atoms with E-state index in [-0.39, 0.29) is 12.3 Å². The highest BCUT2D eigenvalue weighted by Gasteiger charge is 2.30. The molecular formula is C5H8ClF3O3S. The second kappa shape index (κ2) is 5.02. The van der Waals surface area contributed by atoms with Crippen LogP contribution in [0.25, 0.3) is 0 Å². The Morgan fingerprint density at radius 1 is 1.31 bits per heavy atom. The lowest BCUT2D eigenvalue weighted by molar-refractivity contribution is -0.152. The molecule has 8 heteroatoms. The molecular weight excluding hydrogens is 233 g/mol. The largest absolute Gasteiger partial charge is 0.413 e. The topological polar surface area (TPSA) is 43.4 Å². The van der Waals surface area contributed by atoms with Crippen molar-refractivity contribution in [3.05, 3.63) is 0 Å². The van der Waals surface area contributed by atoms with Crippen LogP contribution >= 0.6 is 11.6 Å². The van der Waals surface area contributed by atoms with Gasteiger partial charge >= 0.3 is 6.18 Å². The first-order valence-electron chi connectivity index (χ1n) is 3.27. The van der Waals surface area contributed by atoms with Gasteiger partial charge in [0.25, 0.3) is 10.1 Å². The van der Waals surface area contributed by atoms with Gasteiger partial charge in [-0.3, -0.25) is 4.18 Å². The van der Waals surface area contributed by atoms with Gasteiger partial charge < -0.3 is 0 Å². The molecule has 0 unspecified atom stereocenters. The lowest BCUT2D eigenvalue weighted by atomic mass is 10.6. The molecule has 0 fully saturated rings. The first-order chi connectivity index (χ1) is 5.77. The van der Waals surface area contributed by atoms with Crippen molar-refractivity contribution in [3.8, 4) is 0 Å². The third-order valence-corrected chi connectivity index (χ3v) is 2.46. The Hall–Kier alpha value is -0.0100. The summed E-state index contributed by atoms with van der Waals surface area (Å²) in [7, 11) is -4.08. The summed E-state index contributed by atoms with van der Waals surface area (Å²) in [5.74, 6) is -0.429. The van der Waals surface area contributed by atoms with Crippen LogP contribution in [0, 0.1) is 0 Å². The lowest BCUT2D eigenvalue weighted by Gasteiger charge is -2.07. The standard InChI is InChI=1S/C5H8ClF3O3S/c6-2-1-3-13(10,11)12-4-5(7,8)9/h1-4H2. The minimum atomic E-state index is -4.63. The Morgan fingerprint density at radius 2 is 1.85 bits per heavy atom. The Balaban J connectivity index is 3.91. The third kappa shape index (κ3) is 8.32. The molecule has 0 aliphatic rings. The van der Waals surface area contributed by atoms with Crippen LogP contribution in [-0.4, -0.2) is 32.8 Å². The van der Waals surface area contributed by atoms with Crippen molar-refractivity contribution in [2.75, 3.05) is 18.2 Å². The summed E-state index contributed by atoms with van der Waals surface area (Å²) in [6, 6.07) is 0. The molecule has 0 aromatic carbocycles. The summed E-state index contributed by atoms with van der Waals surface area (Å²) in [5.41, 5.74) is 0. The van der Waals surface area contributed by atoms with E-state index < -0.39 is 28.7 Å². The molecule has 0 bridgehead atoms. The van der Waals surface area contributed by atoms with E-state index in [0.717, 1.165) is 0 Å². The van der Waals surface area contributed by atoms with E-state index in [0.29, 0.717) is 0 Å². The molecule has 0 spiro atoms. The Bertz CT molecular complexity index is 236. The van der Waals surface area contributed by atoms with E-state index >= 15 is 0 Å². The van der Waals surface area contributed by atoms with Gasteiger partial charge in [0.05, 0.1) is 5.75 Å². The van der Waals surface area contributed by atoms with Crippen molar-refractivity contribution in [2.45, 2.75) is 12.6 Å². The van der Waals surface area contributed by atoms with Crippen molar-refractivity contribution in [2.24, 2.45) is 0 Å². The predicted molar refractivity (Wildman–Crippen MR) is 41.1 cm³/mol. The highest BCUT2D eigenvalue weighted by Crippen LogP contribution is 2.16. The molecule has 3 nitrogen and oxygen atoms in total. The van der Waals surface area contributed by atoms with E-state index in [9.17, 15) is 21.6 Å². The fraction of sp³-hybridized carbons (Fsp3) is 1.00. The zero-order chi connectivity index (χ0) is 10.5. The fourth-order valence-electron chi connectivity index (χ4n) is 0.447. The maximum atomic E-state index is 11.5. The molecule has 0 amide bonds. The molecule has 13 heavy (non-hydrogen) atoms. The quantitative estimate of drug-likeness (QED) is 0.541. The van der Waals surface area contributed by atoms with E-state index in [1.54, 1.807) is 0 Å². The van der Waals surface area contributed by atoms with Crippen molar-refractivity contribution in [1.82, 2.24) is 0 Å².